The van der Waals surface area contributed by atoms with E-state index in [1.54, 1.807) is 0 Å². The standard InChI is InChI=1S/C17H24O2/c1-17(2)11-3-4-15(12-17)14-8-5-13(6-9-14)7-10-16(18)19/h5-6,8-9,15H,3-4,7,10-12H2,1-2H3,(H,18,19). The van der Waals surface area contributed by atoms with Crippen molar-refractivity contribution in [3.8, 4) is 0 Å². The number of hydrogen-bond donors (Lipinski definition) is 1. The van der Waals surface area contributed by atoms with Crippen LogP contribution >= 0.6 is 0 Å². The Balaban J connectivity index is 1.99. The van der Waals surface area contributed by atoms with Gasteiger partial charge in [-0.3, -0.25) is 4.79 Å². The van der Waals surface area contributed by atoms with E-state index < -0.39 is 5.97 Å². The van der Waals surface area contributed by atoms with Crippen LogP contribution in [0.5, 0.6) is 0 Å². The highest BCUT2D eigenvalue weighted by Gasteiger charge is 2.28. The molecule has 1 saturated carbocycles. The lowest BCUT2D eigenvalue weighted by Crippen LogP contribution is -2.21. The molecule has 2 nitrogen and oxygen atoms in total. The second-order valence-corrected chi connectivity index (χ2v) is 6.59. The lowest BCUT2D eigenvalue weighted by atomic mass is 9.70. The second kappa shape index (κ2) is 5.77. The third-order valence-corrected chi connectivity index (χ3v) is 4.28. The van der Waals surface area contributed by atoms with Gasteiger partial charge in [-0.25, -0.2) is 0 Å². The number of aliphatic carboxylic acids is 1. The van der Waals surface area contributed by atoms with Gasteiger partial charge in [-0.1, -0.05) is 44.5 Å². The minimum Gasteiger partial charge on any atom is -0.481 e. The molecule has 0 heterocycles. The topological polar surface area (TPSA) is 37.3 Å². The predicted molar refractivity (Wildman–Crippen MR) is 77.4 cm³/mol. The first-order chi connectivity index (χ1) is 8.96. The zero-order valence-electron chi connectivity index (χ0n) is 12.0. The molecule has 1 aromatic carbocycles. The largest absolute Gasteiger partial charge is 0.481 e. The van der Waals surface area contributed by atoms with Gasteiger partial charge in [0.05, 0.1) is 0 Å². The summed E-state index contributed by atoms with van der Waals surface area (Å²) in [4.78, 5) is 10.6. The molecule has 19 heavy (non-hydrogen) atoms. The first kappa shape index (κ1) is 14.1. The average molecular weight is 260 g/mol. The predicted octanol–water partition coefficient (Wildman–Crippen LogP) is 4.39. The van der Waals surface area contributed by atoms with Crippen molar-refractivity contribution in [1.29, 1.82) is 0 Å². The molecule has 1 N–H and O–H groups in total. The molecule has 2 heteroatoms. The Morgan fingerprint density at radius 1 is 1.32 bits per heavy atom. The van der Waals surface area contributed by atoms with Crippen molar-refractivity contribution in [3.05, 3.63) is 35.4 Å². The second-order valence-electron chi connectivity index (χ2n) is 6.59. The molecule has 0 bridgehead atoms. The SMILES string of the molecule is CC1(C)CCCC(c2ccc(CCC(=O)O)cc2)C1. The van der Waals surface area contributed by atoms with Crippen LogP contribution in [0.25, 0.3) is 0 Å². The van der Waals surface area contributed by atoms with E-state index in [-0.39, 0.29) is 6.42 Å². The number of carboxylic acid groups (broad SMARTS) is 1. The zero-order chi connectivity index (χ0) is 13.9. The van der Waals surface area contributed by atoms with E-state index in [4.69, 9.17) is 5.11 Å². The quantitative estimate of drug-likeness (QED) is 0.871. The van der Waals surface area contributed by atoms with Crippen molar-refractivity contribution in [2.45, 2.75) is 58.3 Å². The van der Waals surface area contributed by atoms with E-state index >= 15 is 0 Å². The van der Waals surface area contributed by atoms with Crippen LogP contribution in [0.2, 0.25) is 0 Å². The van der Waals surface area contributed by atoms with E-state index in [9.17, 15) is 4.79 Å². The summed E-state index contributed by atoms with van der Waals surface area (Å²) in [6.45, 7) is 4.72. The Bertz CT molecular complexity index is 431. The smallest absolute Gasteiger partial charge is 0.303 e. The summed E-state index contributed by atoms with van der Waals surface area (Å²) in [5, 5.41) is 8.69. The van der Waals surface area contributed by atoms with Crippen LogP contribution in [0.1, 0.15) is 63.0 Å². The molecule has 0 aliphatic heterocycles. The Labute approximate surface area is 115 Å². The summed E-state index contributed by atoms with van der Waals surface area (Å²) in [6, 6.07) is 8.59. The number of hydrogen-bond acceptors (Lipinski definition) is 1. The highest BCUT2D eigenvalue weighted by Crippen LogP contribution is 2.43. The molecule has 104 valence electrons. The molecular weight excluding hydrogens is 236 g/mol. The maximum absolute atomic E-state index is 10.6. The van der Waals surface area contributed by atoms with Crippen molar-refractivity contribution in [3.63, 3.8) is 0 Å². The van der Waals surface area contributed by atoms with Crippen molar-refractivity contribution in [2.24, 2.45) is 5.41 Å². The van der Waals surface area contributed by atoms with Crippen LogP contribution in [0.3, 0.4) is 0 Å². The van der Waals surface area contributed by atoms with Gasteiger partial charge in [-0.05, 0) is 48.1 Å². The summed E-state index contributed by atoms with van der Waals surface area (Å²) in [6.07, 6.45) is 6.06. The zero-order valence-corrected chi connectivity index (χ0v) is 12.0. The fourth-order valence-electron chi connectivity index (χ4n) is 3.19. The van der Waals surface area contributed by atoms with Crippen molar-refractivity contribution in [1.82, 2.24) is 0 Å². The Hall–Kier alpha value is -1.31. The fourth-order valence-corrected chi connectivity index (χ4v) is 3.19. The van der Waals surface area contributed by atoms with E-state index in [0.717, 1.165) is 5.56 Å². The number of carboxylic acids is 1. The van der Waals surface area contributed by atoms with Crippen LogP contribution in [0.15, 0.2) is 24.3 Å². The van der Waals surface area contributed by atoms with Crippen LogP contribution < -0.4 is 0 Å². The molecule has 1 aliphatic carbocycles. The minimum atomic E-state index is -0.724. The number of aryl methyl sites for hydroxylation is 1. The Morgan fingerprint density at radius 3 is 2.58 bits per heavy atom. The fraction of sp³-hybridized carbons (Fsp3) is 0.588. The van der Waals surface area contributed by atoms with E-state index in [2.05, 4.69) is 38.1 Å². The number of benzene rings is 1. The minimum absolute atomic E-state index is 0.218. The summed E-state index contributed by atoms with van der Waals surface area (Å²) in [7, 11) is 0. The maximum atomic E-state index is 10.6. The molecule has 1 aromatic rings. The van der Waals surface area contributed by atoms with Gasteiger partial charge in [-0.15, -0.1) is 0 Å². The molecule has 1 fully saturated rings. The molecule has 1 atom stereocenters. The van der Waals surface area contributed by atoms with Gasteiger partial charge < -0.3 is 5.11 Å². The highest BCUT2D eigenvalue weighted by atomic mass is 16.4. The lowest BCUT2D eigenvalue weighted by Gasteiger charge is -2.35. The van der Waals surface area contributed by atoms with Gasteiger partial charge in [0.15, 0.2) is 0 Å². The average Bonchev–Trinajstić information content (AvgIpc) is 2.36. The van der Waals surface area contributed by atoms with Crippen molar-refractivity contribution >= 4 is 5.97 Å². The third kappa shape index (κ3) is 4.09. The number of carbonyl (C=O) groups is 1. The summed E-state index contributed by atoms with van der Waals surface area (Å²) in [5.41, 5.74) is 3.01. The van der Waals surface area contributed by atoms with Gasteiger partial charge in [-0.2, -0.15) is 0 Å². The van der Waals surface area contributed by atoms with Gasteiger partial charge in [0.2, 0.25) is 0 Å². The van der Waals surface area contributed by atoms with Crippen molar-refractivity contribution in [2.75, 3.05) is 0 Å². The third-order valence-electron chi connectivity index (χ3n) is 4.28. The molecule has 0 amide bonds. The van der Waals surface area contributed by atoms with E-state index in [1.807, 2.05) is 0 Å². The Kier molecular flexibility index (Phi) is 4.28. The molecule has 0 spiro atoms. The monoisotopic (exact) mass is 260 g/mol. The molecular formula is C17H24O2. The van der Waals surface area contributed by atoms with E-state index in [0.29, 0.717) is 17.8 Å². The van der Waals surface area contributed by atoms with E-state index in [1.165, 1.54) is 31.2 Å². The summed E-state index contributed by atoms with van der Waals surface area (Å²) >= 11 is 0. The maximum Gasteiger partial charge on any atom is 0.303 e. The molecule has 1 aliphatic rings. The highest BCUT2D eigenvalue weighted by molar-refractivity contribution is 5.67. The molecule has 0 saturated heterocycles. The van der Waals surface area contributed by atoms with Gasteiger partial charge in [0, 0.05) is 6.42 Å². The molecule has 0 aromatic heterocycles. The summed E-state index contributed by atoms with van der Waals surface area (Å²) < 4.78 is 0. The molecule has 0 radical (unpaired) electrons. The lowest BCUT2D eigenvalue weighted by molar-refractivity contribution is -0.136. The van der Waals surface area contributed by atoms with Crippen LogP contribution in [0, 0.1) is 5.41 Å². The first-order valence-electron chi connectivity index (χ1n) is 7.27. The van der Waals surface area contributed by atoms with Crippen LogP contribution in [-0.2, 0) is 11.2 Å². The van der Waals surface area contributed by atoms with Crippen LogP contribution in [-0.4, -0.2) is 11.1 Å². The normalized spacial score (nSPS) is 22.1. The van der Waals surface area contributed by atoms with Crippen molar-refractivity contribution < 1.29 is 9.90 Å². The van der Waals surface area contributed by atoms with Crippen LogP contribution in [0.4, 0.5) is 0 Å². The van der Waals surface area contributed by atoms with Gasteiger partial charge in [0.25, 0.3) is 0 Å². The van der Waals surface area contributed by atoms with Gasteiger partial charge in [0.1, 0.15) is 0 Å². The molecule has 2 rings (SSSR count). The summed E-state index contributed by atoms with van der Waals surface area (Å²) in [5.74, 6) is -0.0459. The Morgan fingerprint density at radius 2 is 2.00 bits per heavy atom. The first-order valence-corrected chi connectivity index (χ1v) is 7.27. The molecule has 1 unspecified atom stereocenters. The van der Waals surface area contributed by atoms with Gasteiger partial charge >= 0.3 is 5.97 Å². The number of rotatable bonds is 4.